The SMILES string of the molecule is CSc1cccc(NC(=O)/C(=C/c2ccco2)c2ccccc2)c1. The second-order valence-electron chi connectivity index (χ2n) is 5.13. The number of anilines is 1. The summed E-state index contributed by atoms with van der Waals surface area (Å²) in [6.45, 7) is 0. The Bertz CT molecular complexity index is 839. The fourth-order valence-electron chi connectivity index (χ4n) is 2.31. The van der Waals surface area contributed by atoms with Gasteiger partial charge >= 0.3 is 0 Å². The van der Waals surface area contributed by atoms with Gasteiger partial charge in [0.1, 0.15) is 5.76 Å². The second-order valence-corrected chi connectivity index (χ2v) is 6.01. The van der Waals surface area contributed by atoms with E-state index in [2.05, 4.69) is 5.32 Å². The van der Waals surface area contributed by atoms with Crippen molar-refractivity contribution in [2.75, 3.05) is 11.6 Å². The summed E-state index contributed by atoms with van der Waals surface area (Å²) in [6.07, 6.45) is 5.35. The van der Waals surface area contributed by atoms with Gasteiger partial charge in [-0.15, -0.1) is 11.8 Å². The zero-order chi connectivity index (χ0) is 16.8. The van der Waals surface area contributed by atoms with Crippen molar-refractivity contribution in [3.63, 3.8) is 0 Å². The molecular weight excluding hydrogens is 318 g/mol. The molecule has 0 aliphatic carbocycles. The number of nitrogens with one attached hydrogen (secondary N) is 1. The van der Waals surface area contributed by atoms with Gasteiger partial charge in [0.2, 0.25) is 0 Å². The number of carbonyl (C=O) groups excluding carboxylic acids is 1. The van der Waals surface area contributed by atoms with Gasteiger partial charge in [0.25, 0.3) is 5.91 Å². The summed E-state index contributed by atoms with van der Waals surface area (Å²) >= 11 is 1.64. The summed E-state index contributed by atoms with van der Waals surface area (Å²) in [6, 6.07) is 21.0. The van der Waals surface area contributed by atoms with Crippen molar-refractivity contribution in [1.29, 1.82) is 0 Å². The summed E-state index contributed by atoms with van der Waals surface area (Å²) in [4.78, 5) is 13.9. The molecule has 0 aliphatic rings. The average molecular weight is 335 g/mol. The Morgan fingerprint density at radius 1 is 1.04 bits per heavy atom. The fraction of sp³-hybridized carbons (Fsp3) is 0.0500. The van der Waals surface area contributed by atoms with Gasteiger partial charge in [0.15, 0.2) is 0 Å². The zero-order valence-electron chi connectivity index (χ0n) is 13.2. The highest BCUT2D eigenvalue weighted by Gasteiger charge is 2.13. The van der Waals surface area contributed by atoms with E-state index in [0.29, 0.717) is 11.3 Å². The van der Waals surface area contributed by atoms with Crippen LogP contribution in [0.1, 0.15) is 11.3 Å². The molecule has 3 rings (SSSR count). The molecule has 0 radical (unpaired) electrons. The number of rotatable bonds is 5. The Morgan fingerprint density at radius 2 is 1.88 bits per heavy atom. The third-order valence-corrected chi connectivity index (χ3v) is 4.21. The van der Waals surface area contributed by atoms with Crippen LogP contribution in [0.15, 0.2) is 82.3 Å². The van der Waals surface area contributed by atoms with Crippen LogP contribution in [0.4, 0.5) is 5.69 Å². The van der Waals surface area contributed by atoms with E-state index in [1.807, 2.05) is 66.9 Å². The normalized spacial score (nSPS) is 11.3. The quantitative estimate of drug-likeness (QED) is 0.516. The topological polar surface area (TPSA) is 42.2 Å². The van der Waals surface area contributed by atoms with Crippen molar-refractivity contribution < 1.29 is 9.21 Å². The van der Waals surface area contributed by atoms with Crippen LogP contribution < -0.4 is 5.32 Å². The lowest BCUT2D eigenvalue weighted by atomic mass is 10.0. The molecule has 1 heterocycles. The van der Waals surface area contributed by atoms with Crippen LogP contribution in [0.25, 0.3) is 11.6 Å². The number of carbonyl (C=O) groups is 1. The summed E-state index contributed by atoms with van der Waals surface area (Å²) < 4.78 is 5.36. The maximum atomic E-state index is 12.8. The first-order chi connectivity index (χ1) is 11.8. The summed E-state index contributed by atoms with van der Waals surface area (Å²) in [7, 11) is 0. The predicted octanol–water partition coefficient (Wildman–Crippen LogP) is 5.18. The minimum Gasteiger partial charge on any atom is -0.465 e. The Kier molecular flexibility index (Phi) is 5.18. The van der Waals surface area contributed by atoms with E-state index in [9.17, 15) is 4.79 Å². The highest BCUT2D eigenvalue weighted by atomic mass is 32.2. The van der Waals surface area contributed by atoms with E-state index in [0.717, 1.165) is 16.1 Å². The number of thioether (sulfide) groups is 1. The first-order valence-electron chi connectivity index (χ1n) is 7.52. The molecule has 24 heavy (non-hydrogen) atoms. The Balaban J connectivity index is 1.92. The lowest BCUT2D eigenvalue weighted by molar-refractivity contribution is -0.111. The molecule has 0 unspecified atom stereocenters. The van der Waals surface area contributed by atoms with Crippen LogP contribution in [-0.4, -0.2) is 12.2 Å². The fourth-order valence-corrected chi connectivity index (χ4v) is 2.77. The molecule has 1 N–H and O–H groups in total. The molecule has 1 amide bonds. The average Bonchev–Trinajstić information content (AvgIpc) is 3.14. The largest absolute Gasteiger partial charge is 0.465 e. The summed E-state index contributed by atoms with van der Waals surface area (Å²) in [5.41, 5.74) is 2.17. The molecule has 0 saturated heterocycles. The highest BCUT2D eigenvalue weighted by Crippen LogP contribution is 2.23. The minimum absolute atomic E-state index is 0.171. The number of benzene rings is 2. The Labute approximate surface area is 145 Å². The Morgan fingerprint density at radius 3 is 2.58 bits per heavy atom. The van der Waals surface area contributed by atoms with Gasteiger partial charge in [0.05, 0.1) is 11.8 Å². The van der Waals surface area contributed by atoms with E-state index in [1.54, 1.807) is 30.2 Å². The van der Waals surface area contributed by atoms with Crippen molar-refractivity contribution in [3.05, 3.63) is 84.3 Å². The first-order valence-corrected chi connectivity index (χ1v) is 8.75. The van der Waals surface area contributed by atoms with Gasteiger partial charge in [-0.05, 0) is 48.2 Å². The smallest absolute Gasteiger partial charge is 0.256 e. The van der Waals surface area contributed by atoms with Crippen LogP contribution in [0, 0.1) is 0 Å². The number of hydrogen-bond donors (Lipinski definition) is 1. The van der Waals surface area contributed by atoms with Crippen molar-refractivity contribution >= 4 is 35.0 Å². The minimum atomic E-state index is -0.171. The number of hydrogen-bond acceptors (Lipinski definition) is 3. The molecule has 120 valence electrons. The molecule has 3 nitrogen and oxygen atoms in total. The van der Waals surface area contributed by atoms with Crippen LogP contribution >= 0.6 is 11.8 Å². The number of amides is 1. The molecular formula is C20H17NO2S. The van der Waals surface area contributed by atoms with E-state index < -0.39 is 0 Å². The van der Waals surface area contributed by atoms with Crippen molar-refractivity contribution in [2.24, 2.45) is 0 Å². The molecule has 0 saturated carbocycles. The Hall–Kier alpha value is -2.72. The van der Waals surface area contributed by atoms with Gasteiger partial charge in [-0.3, -0.25) is 4.79 Å². The highest BCUT2D eigenvalue weighted by molar-refractivity contribution is 7.98. The maximum Gasteiger partial charge on any atom is 0.256 e. The van der Waals surface area contributed by atoms with E-state index >= 15 is 0 Å². The molecule has 4 heteroatoms. The van der Waals surface area contributed by atoms with Gasteiger partial charge in [-0.25, -0.2) is 0 Å². The molecule has 0 fully saturated rings. The summed E-state index contributed by atoms with van der Waals surface area (Å²) in [5, 5.41) is 2.97. The first kappa shape index (κ1) is 16.1. The molecule has 0 aliphatic heterocycles. The lowest BCUT2D eigenvalue weighted by Gasteiger charge is -2.10. The third kappa shape index (κ3) is 3.97. The maximum absolute atomic E-state index is 12.8. The van der Waals surface area contributed by atoms with Crippen LogP contribution in [0.5, 0.6) is 0 Å². The standard InChI is InChI=1S/C20H17NO2S/c1-24-18-11-5-9-16(13-18)21-20(22)19(14-17-10-6-12-23-17)15-7-3-2-4-8-15/h2-14H,1H3,(H,21,22)/b19-14+. The molecule has 0 spiro atoms. The molecule has 2 aromatic carbocycles. The number of furan rings is 1. The molecule has 0 atom stereocenters. The monoisotopic (exact) mass is 335 g/mol. The van der Waals surface area contributed by atoms with Gasteiger partial charge in [-0.2, -0.15) is 0 Å². The van der Waals surface area contributed by atoms with E-state index in [-0.39, 0.29) is 5.91 Å². The van der Waals surface area contributed by atoms with Crippen molar-refractivity contribution in [1.82, 2.24) is 0 Å². The second kappa shape index (κ2) is 7.70. The lowest BCUT2D eigenvalue weighted by Crippen LogP contribution is -2.13. The molecule has 1 aromatic heterocycles. The zero-order valence-corrected chi connectivity index (χ0v) is 14.0. The third-order valence-electron chi connectivity index (χ3n) is 3.49. The predicted molar refractivity (Wildman–Crippen MR) is 99.9 cm³/mol. The van der Waals surface area contributed by atoms with Crippen LogP contribution in [0.3, 0.4) is 0 Å². The van der Waals surface area contributed by atoms with Crippen molar-refractivity contribution in [3.8, 4) is 0 Å². The molecule has 0 bridgehead atoms. The van der Waals surface area contributed by atoms with Crippen LogP contribution in [0.2, 0.25) is 0 Å². The van der Waals surface area contributed by atoms with Crippen LogP contribution in [-0.2, 0) is 4.79 Å². The van der Waals surface area contributed by atoms with E-state index in [4.69, 9.17) is 4.42 Å². The van der Waals surface area contributed by atoms with Gasteiger partial charge in [0, 0.05) is 10.6 Å². The summed E-state index contributed by atoms with van der Waals surface area (Å²) in [5.74, 6) is 0.470. The van der Waals surface area contributed by atoms with Crippen molar-refractivity contribution in [2.45, 2.75) is 4.90 Å². The molecule has 3 aromatic rings. The van der Waals surface area contributed by atoms with E-state index in [1.165, 1.54) is 0 Å². The van der Waals surface area contributed by atoms with Gasteiger partial charge in [-0.1, -0.05) is 36.4 Å². The van der Waals surface area contributed by atoms with Gasteiger partial charge < -0.3 is 9.73 Å².